The van der Waals surface area contributed by atoms with Crippen LogP contribution in [0, 0.1) is 21.3 Å². The predicted molar refractivity (Wildman–Crippen MR) is 91.4 cm³/mol. The molecule has 0 atom stereocenters. The number of allylic oxidation sites excluding steroid dienone is 3. The number of benzene rings is 1. The van der Waals surface area contributed by atoms with Gasteiger partial charge in [-0.2, -0.15) is 0 Å². The minimum atomic E-state index is 0.525. The van der Waals surface area contributed by atoms with Crippen molar-refractivity contribution >= 4 is 34.4 Å². The van der Waals surface area contributed by atoms with Crippen molar-refractivity contribution in [2.45, 2.75) is 20.8 Å². The van der Waals surface area contributed by atoms with E-state index in [1.54, 1.807) is 11.8 Å². The van der Waals surface area contributed by atoms with Gasteiger partial charge in [-0.1, -0.05) is 50.1 Å². The van der Waals surface area contributed by atoms with Crippen LogP contribution in [0.1, 0.15) is 26.3 Å². The van der Waals surface area contributed by atoms with Crippen molar-refractivity contribution in [2.24, 2.45) is 5.92 Å². The summed E-state index contributed by atoms with van der Waals surface area (Å²) in [6.45, 7) is 10.4. The van der Waals surface area contributed by atoms with Crippen LogP contribution in [0.2, 0.25) is 0 Å². The van der Waals surface area contributed by atoms with E-state index in [0.29, 0.717) is 5.92 Å². The fourth-order valence-corrected chi connectivity index (χ4v) is 2.45. The van der Waals surface area contributed by atoms with Crippen molar-refractivity contribution in [3.05, 3.63) is 55.9 Å². The van der Waals surface area contributed by atoms with Crippen LogP contribution in [-0.4, -0.2) is 0 Å². The molecule has 18 heavy (non-hydrogen) atoms. The van der Waals surface area contributed by atoms with Crippen LogP contribution in [-0.2, 0) is 0 Å². The molecular weight excluding hydrogens is 351 g/mol. The highest BCUT2D eigenvalue weighted by Crippen LogP contribution is 2.29. The van der Waals surface area contributed by atoms with E-state index in [4.69, 9.17) is 0 Å². The van der Waals surface area contributed by atoms with E-state index in [2.05, 4.69) is 80.0 Å². The van der Waals surface area contributed by atoms with Crippen LogP contribution in [0.15, 0.2) is 46.7 Å². The van der Waals surface area contributed by atoms with Gasteiger partial charge in [-0.25, -0.2) is 0 Å². The minimum absolute atomic E-state index is 0.525. The molecule has 0 nitrogen and oxygen atoms in total. The summed E-state index contributed by atoms with van der Waals surface area (Å²) in [7, 11) is 0. The van der Waals surface area contributed by atoms with Crippen molar-refractivity contribution in [1.29, 1.82) is 0 Å². The summed E-state index contributed by atoms with van der Waals surface area (Å²) in [6.07, 6.45) is 2.13. The molecule has 1 aromatic rings. The second-order valence-corrected chi connectivity index (χ2v) is 6.54. The van der Waals surface area contributed by atoms with Gasteiger partial charge in [0.05, 0.1) is 4.91 Å². The zero-order valence-electron chi connectivity index (χ0n) is 11.0. The third kappa shape index (κ3) is 5.32. The summed E-state index contributed by atoms with van der Waals surface area (Å²) in [4.78, 5) is 2.22. The Bertz CT molecular complexity index is 498. The highest BCUT2D eigenvalue weighted by Gasteiger charge is 2.03. The lowest BCUT2D eigenvalue weighted by atomic mass is 10.2. The molecule has 0 spiro atoms. The first-order chi connectivity index (χ1) is 8.52. The van der Waals surface area contributed by atoms with Crippen LogP contribution >= 0.6 is 34.4 Å². The molecule has 94 valence electrons. The second kappa shape index (κ2) is 7.70. The molecule has 0 saturated carbocycles. The van der Waals surface area contributed by atoms with E-state index in [1.165, 1.54) is 8.48 Å². The fourth-order valence-electron chi connectivity index (χ4n) is 1.35. The average molecular weight is 368 g/mol. The summed E-state index contributed by atoms with van der Waals surface area (Å²) < 4.78 is 1.22. The highest BCUT2D eigenvalue weighted by atomic mass is 127. The summed E-state index contributed by atoms with van der Waals surface area (Å²) in [5, 5.41) is 0. The van der Waals surface area contributed by atoms with Crippen LogP contribution in [0.25, 0.3) is 0 Å². The van der Waals surface area contributed by atoms with E-state index in [0.717, 1.165) is 10.5 Å². The Morgan fingerprint density at radius 3 is 2.44 bits per heavy atom. The Kier molecular flexibility index (Phi) is 6.59. The van der Waals surface area contributed by atoms with Crippen molar-refractivity contribution in [2.75, 3.05) is 0 Å². The normalized spacial score (nSPS) is 11.1. The van der Waals surface area contributed by atoms with Crippen molar-refractivity contribution < 1.29 is 0 Å². The van der Waals surface area contributed by atoms with E-state index in [-0.39, 0.29) is 0 Å². The molecule has 0 unspecified atom stereocenters. The summed E-state index contributed by atoms with van der Waals surface area (Å²) in [5.74, 6) is 6.78. The first-order valence-electron chi connectivity index (χ1n) is 5.83. The van der Waals surface area contributed by atoms with Gasteiger partial charge in [-0.15, -0.1) is 0 Å². The van der Waals surface area contributed by atoms with Gasteiger partial charge in [-0.3, -0.25) is 0 Å². The van der Waals surface area contributed by atoms with Crippen LogP contribution in [0.3, 0.4) is 0 Å². The summed E-state index contributed by atoms with van der Waals surface area (Å²) >= 11 is 3.96. The maximum Gasteiger partial charge on any atom is 0.0550 e. The minimum Gasteiger partial charge on any atom is -0.0860 e. The Balaban J connectivity index is 2.69. The molecule has 0 radical (unpaired) electrons. The highest BCUT2D eigenvalue weighted by molar-refractivity contribution is 14.1. The lowest BCUT2D eigenvalue weighted by molar-refractivity contribution is 0.815. The zero-order chi connectivity index (χ0) is 13.5. The van der Waals surface area contributed by atoms with E-state index < -0.39 is 0 Å². The molecule has 0 aromatic heterocycles. The molecule has 0 bridgehead atoms. The number of rotatable bonds is 3. The lowest BCUT2D eigenvalue weighted by Crippen LogP contribution is -1.88. The molecule has 0 aliphatic carbocycles. The Morgan fingerprint density at radius 1 is 1.33 bits per heavy atom. The molecule has 0 heterocycles. The monoisotopic (exact) mass is 368 g/mol. The largest absolute Gasteiger partial charge is 0.0860 e. The third-order valence-corrected chi connectivity index (χ3v) is 4.30. The fraction of sp³-hybridized carbons (Fsp3) is 0.250. The Labute approximate surface area is 128 Å². The maximum atomic E-state index is 4.00. The number of halogens is 1. The van der Waals surface area contributed by atoms with Gasteiger partial charge in [-0.05, 0) is 64.6 Å². The molecule has 0 aliphatic heterocycles. The predicted octanol–water partition coefficient (Wildman–Crippen LogP) is 5.45. The van der Waals surface area contributed by atoms with Gasteiger partial charge in [0.2, 0.25) is 0 Å². The molecule has 1 rings (SSSR count). The molecule has 0 saturated heterocycles. The van der Waals surface area contributed by atoms with Crippen LogP contribution in [0.5, 0.6) is 0 Å². The molecular formula is C16H17IS. The summed E-state index contributed by atoms with van der Waals surface area (Å²) in [6, 6.07) is 8.19. The van der Waals surface area contributed by atoms with Crippen LogP contribution in [0.4, 0.5) is 0 Å². The number of thioether (sulfide) groups is 1. The number of hydrogen-bond acceptors (Lipinski definition) is 1. The summed E-state index contributed by atoms with van der Waals surface area (Å²) in [5.41, 5.74) is 1.03. The topological polar surface area (TPSA) is 0 Å². The second-order valence-electron chi connectivity index (χ2n) is 4.13. The Hall–Kier alpha value is -0.660. The van der Waals surface area contributed by atoms with Crippen molar-refractivity contribution in [3.63, 3.8) is 0 Å². The van der Waals surface area contributed by atoms with Gasteiger partial charge in [0.15, 0.2) is 0 Å². The van der Waals surface area contributed by atoms with Crippen LogP contribution < -0.4 is 0 Å². The van der Waals surface area contributed by atoms with E-state index >= 15 is 0 Å². The first kappa shape index (κ1) is 15.4. The standard InChI is InChI=1S/C16H17IS/c1-5-16(12(2)3)18-13(4)6-7-14-8-10-15(17)11-9-14/h5,8-12H,4H2,1-3H3/b16-5-. The first-order valence-corrected chi connectivity index (χ1v) is 7.73. The average Bonchev–Trinajstić information content (AvgIpc) is 2.35. The SMILES string of the molecule is C=C(C#Cc1ccc(I)cc1)S/C(=C\C)C(C)C. The zero-order valence-corrected chi connectivity index (χ0v) is 13.9. The molecule has 0 aliphatic rings. The van der Waals surface area contributed by atoms with Crippen molar-refractivity contribution in [3.8, 4) is 11.8 Å². The van der Waals surface area contributed by atoms with Crippen molar-refractivity contribution in [1.82, 2.24) is 0 Å². The molecule has 0 amide bonds. The number of hydrogen-bond donors (Lipinski definition) is 0. The van der Waals surface area contributed by atoms with Gasteiger partial charge < -0.3 is 0 Å². The Morgan fingerprint density at radius 2 is 1.94 bits per heavy atom. The van der Waals surface area contributed by atoms with Gasteiger partial charge >= 0.3 is 0 Å². The molecule has 0 N–H and O–H groups in total. The quantitative estimate of drug-likeness (QED) is 0.505. The molecule has 1 aromatic carbocycles. The molecule has 2 heteroatoms. The van der Waals surface area contributed by atoms with Gasteiger partial charge in [0.25, 0.3) is 0 Å². The molecule has 0 fully saturated rings. The van der Waals surface area contributed by atoms with Gasteiger partial charge in [0.1, 0.15) is 0 Å². The third-order valence-electron chi connectivity index (χ3n) is 2.29. The smallest absolute Gasteiger partial charge is 0.0550 e. The lowest BCUT2D eigenvalue weighted by Gasteiger charge is -2.08. The van der Waals surface area contributed by atoms with Gasteiger partial charge in [0, 0.05) is 9.13 Å². The maximum absolute atomic E-state index is 4.00. The van der Waals surface area contributed by atoms with E-state index in [9.17, 15) is 0 Å². The van der Waals surface area contributed by atoms with E-state index in [1.807, 2.05) is 12.1 Å².